The molecule has 0 spiro atoms. The van der Waals surface area contributed by atoms with Crippen molar-refractivity contribution < 1.29 is 28.6 Å². The van der Waals surface area contributed by atoms with E-state index in [4.69, 9.17) is 14.2 Å². The van der Waals surface area contributed by atoms with Crippen LogP contribution in [0.2, 0.25) is 0 Å². The van der Waals surface area contributed by atoms with E-state index in [2.05, 4.69) is 93.7 Å². The summed E-state index contributed by atoms with van der Waals surface area (Å²) >= 11 is 0. The van der Waals surface area contributed by atoms with Crippen LogP contribution in [-0.2, 0) is 28.6 Å². The SMILES string of the molecule is CC/C=C\C/C=C\C/C=C\C/C=C\C/C=C\CCCCCCCCCCCCCCCCCCCC(=O)OCC(COC(=O)CCCCCCCCC)OC(=O)CCCCCCCCCCCCCCC/C=C\CCCCCCCCCC. The molecule has 0 saturated carbocycles. The lowest BCUT2D eigenvalue weighted by Crippen LogP contribution is -2.30. The van der Waals surface area contributed by atoms with Crippen LogP contribution in [0.5, 0.6) is 0 Å². The minimum Gasteiger partial charge on any atom is -0.462 e. The number of allylic oxidation sites excluding steroid dienone is 12. The van der Waals surface area contributed by atoms with Crippen molar-refractivity contribution in [2.45, 2.75) is 386 Å². The Morgan fingerprint density at radius 2 is 0.470 bits per heavy atom. The summed E-state index contributed by atoms with van der Waals surface area (Å²) in [6.45, 7) is 6.54. The van der Waals surface area contributed by atoms with Crippen LogP contribution in [0.3, 0.4) is 0 Å². The fourth-order valence-corrected chi connectivity index (χ4v) is 10.8. The van der Waals surface area contributed by atoms with Gasteiger partial charge in [0.15, 0.2) is 6.10 Å². The second-order valence-corrected chi connectivity index (χ2v) is 24.5. The number of hydrogen-bond acceptors (Lipinski definition) is 6. The van der Waals surface area contributed by atoms with Gasteiger partial charge in [0.2, 0.25) is 0 Å². The summed E-state index contributed by atoms with van der Waals surface area (Å²) in [6.07, 6.45) is 94.0. The standard InChI is InChI=1S/C77H138O6/c1-4-7-10-13-16-18-20-22-24-26-28-30-32-34-35-36-37-38-39-40-41-43-44-46-48-50-52-54-56-58-61-64-67-70-76(79)82-73-74(72-81-75(78)69-66-63-60-15-12-9-6-3)83-77(80)71-68-65-62-59-57-55-53-51-49-47-45-42-33-31-29-27-25-23-21-19-17-14-11-8-5-2/h7,10,16,18,22,24,27-30,34-35,74H,4-6,8-9,11-15,17,19-21,23,25-26,31-33,36-73H2,1-3H3/b10-7-,18-16-,24-22-,29-27-,30-28-,35-34-. The maximum Gasteiger partial charge on any atom is 0.306 e. The minimum absolute atomic E-state index is 0.0696. The first-order valence-corrected chi connectivity index (χ1v) is 36.4. The predicted octanol–water partition coefficient (Wildman–Crippen LogP) is 25.2. The van der Waals surface area contributed by atoms with E-state index in [1.54, 1.807) is 0 Å². The maximum absolute atomic E-state index is 12.9. The molecule has 0 bridgehead atoms. The Morgan fingerprint density at radius 1 is 0.253 bits per heavy atom. The van der Waals surface area contributed by atoms with Gasteiger partial charge in [-0.1, -0.05) is 344 Å². The van der Waals surface area contributed by atoms with Crippen molar-refractivity contribution >= 4 is 17.9 Å². The van der Waals surface area contributed by atoms with E-state index in [9.17, 15) is 14.4 Å². The highest BCUT2D eigenvalue weighted by atomic mass is 16.6. The molecule has 0 aromatic rings. The molecular weight excluding hydrogens is 1020 g/mol. The molecule has 6 heteroatoms. The lowest BCUT2D eigenvalue weighted by atomic mass is 10.0. The lowest BCUT2D eigenvalue weighted by Gasteiger charge is -2.18. The van der Waals surface area contributed by atoms with Gasteiger partial charge in [-0.2, -0.15) is 0 Å². The molecule has 6 nitrogen and oxygen atoms in total. The summed E-state index contributed by atoms with van der Waals surface area (Å²) in [5, 5.41) is 0. The van der Waals surface area contributed by atoms with E-state index in [1.165, 1.54) is 250 Å². The van der Waals surface area contributed by atoms with Crippen LogP contribution in [-0.4, -0.2) is 37.2 Å². The van der Waals surface area contributed by atoms with E-state index in [0.717, 1.165) is 89.9 Å². The zero-order valence-corrected chi connectivity index (χ0v) is 55.5. The Kier molecular flexibility index (Phi) is 68.6. The molecule has 0 aromatic heterocycles. The van der Waals surface area contributed by atoms with Crippen molar-refractivity contribution in [1.29, 1.82) is 0 Å². The van der Waals surface area contributed by atoms with Gasteiger partial charge in [0.25, 0.3) is 0 Å². The molecule has 0 aliphatic rings. The van der Waals surface area contributed by atoms with Gasteiger partial charge in [-0.3, -0.25) is 14.4 Å². The Balaban J connectivity index is 4.01. The summed E-state index contributed by atoms with van der Waals surface area (Å²) in [5.74, 6) is -0.854. The fraction of sp³-hybridized carbons (Fsp3) is 0.805. The van der Waals surface area contributed by atoms with Gasteiger partial charge < -0.3 is 14.2 Å². The first-order chi connectivity index (χ1) is 41.0. The molecule has 1 atom stereocenters. The summed E-state index contributed by atoms with van der Waals surface area (Å²) in [7, 11) is 0. The third-order valence-corrected chi connectivity index (χ3v) is 16.2. The molecule has 0 aliphatic heterocycles. The molecule has 0 rings (SSSR count). The summed E-state index contributed by atoms with van der Waals surface area (Å²) < 4.78 is 16.9. The summed E-state index contributed by atoms with van der Waals surface area (Å²) in [4.78, 5) is 38.2. The molecule has 0 fully saturated rings. The number of carbonyl (C=O) groups is 3. The number of ether oxygens (including phenoxy) is 3. The topological polar surface area (TPSA) is 78.9 Å². The van der Waals surface area contributed by atoms with Crippen molar-refractivity contribution in [3.63, 3.8) is 0 Å². The molecule has 0 radical (unpaired) electrons. The Hall–Kier alpha value is -3.15. The van der Waals surface area contributed by atoms with Crippen LogP contribution >= 0.6 is 0 Å². The van der Waals surface area contributed by atoms with Crippen molar-refractivity contribution in [1.82, 2.24) is 0 Å². The second-order valence-electron chi connectivity index (χ2n) is 24.5. The van der Waals surface area contributed by atoms with E-state index < -0.39 is 6.10 Å². The van der Waals surface area contributed by atoms with Gasteiger partial charge in [0, 0.05) is 19.3 Å². The predicted molar refractivity (Wildman–Crippen MR) is 362 cm³/mol. The van der Waals surface area contributed by atoms with Gasteiger partial charge in [0.05, 0.1) is 0 Å². The van der Waals surface area contributed by atoms with Crippen molar-refractivity contribution in [3.05, 3.63) is 72.9 Å². The average Bonchev–Trinajstić information content (AvgIpc) is 3.50. The fourth-order valence-electron chi connectivity index (χ4n) is 10.8. The van der Waals surface area contributed by atoms with Crippen molar-refractivity contribution in [3.8, 4) is 0 Å². The third kappa shape index (κ3) is 69.5. The van der Waals surface area contributed by atoms with Crippen LogP contribution in [0.25, 0.3) is 0 Å². The van der Waals surface area contributed by atoms with Gasteiger partial charge in [-0.25, -0.2) is 0 Å². The monoisotopic (exact) mass is 1160 g/mol. The molecule has 83 heavy (non-hydrogen) atoms. The Morgan fingerprint density at radius 3 is 0.747 bits per heavy atom. The smallest absolute Gasteiger partial charge is 0.306 e. The molecule has 1 unspecified atom stereocenters. The largest absolute Gasteiger partial charge is 0.462 e. The normalized spacial score (nSPS) is 12.5. The van der Waals surface area contributed by atoms with E-state index in [0.29, 0.717) is 19.3 Å². The second kappa shape index (κ2) is 71.3. The third-order valence-electron chi connectivity index (χ3n) is 16.2. The number of hydrogen-bond donors (Lipinski definition) is 0. The number of unbranched alkanes of at least 4 members (excludes halogenated alkanes) is 44. The van der Waals surface area contributed by atoms with Crippen LogP contribution in [0.15, 0.2) is 72.9 Å². The van der Waals surface area contributed by atoms with E-state index >= 15 is 0 Å². The highest BCUT2D eigenvalue weighted by molar-refractivity contribution is 5.71. The summed E-state index contributed by atoms with van der Waals surface area (Å²) in [6, 6.07) is 0. The number of esters is 3. The van der Waals surface area contributed by atoms with E-state index in [1.807, 2.05) is 0 Å². The van der Waals surface area contributed by atoms with Gasteiger partial charge in [0.1, 0.15) is 13.2 Å². The van der Waals surface area contributed by atoms with Crippen LogP contribution in [0.4, 0.5) is 0 Å². The lowest BCUT2D eigenvalue weighted by molar-refractivity contribution is -0.167. The van der Waals surface area contributed by atoms with Gasteiger partial charge >= 0.3 is 17.9 Å². The summed E-state index contributed by atoms with van der Waals surface area (Å²) in [5.41, 5.74) is 0. The molecule has 0 N–H and O–H groups in total. The van der Waals surface area contributed by atoms with Crippen molar-refractivity contribution in [2.24, 2.45) is 0 Å². The zero-order valence-electron chi connectivity index (χ0n) is 55.5. The Labute approximate surface area is 516 Å². The molecule has 482 valence electrons. The van der Waals surface area contributed by atoms with Gasteiger partial charge in [-0.05, 0) is 89.9 Å². The van der Waals surface area contributed by atoms with Gasteiger partial charge in [-0.15, -0.1) is 0 Å². The molecule has 0 aliphatic carbocycles. The highest BCUT2D eigenvalue weighted by Gasteiger charge is 2.19. The van der Waals surface area contributed by atoms with Crippen LogP contribution in [0, 0.1) is 0 Å². The molecular formula is C77H138O6. The van der Waals surface area contributed by atoms with Crippen LogP contribution in [0.1, 0.15) is 380 Å². The minimum atomic E-state index is -0.771. The quantitative estimate of drug-likeness (QED) is 0.0261. The van der Waals surface area contributed by atoms with Crippen molar-refractivity contribution in [2.75, 3.05) is 13.2 Å². The zero-order chi connectivity index (χ0) is 59.9. The Bertz CT molecular complexity index is 1520. The first-order valence-electron chi connectivity index (χ1n) is 36.4. The maximum atomic E-state index is 12.9. The average molecular weight is 1160 g/mol. The molecule has 0 saturated heterocycles. The van der Waals surface area contributed by atoms with E-state index in [-0.39, 0.29) is 31.1 Å². The number of carbonyl (C=O) groups excluding carboxylic acids is 3. The number of rotatable bonds is 67. The molecule has 0 heterocycles. The highest BCUT2D eigenvalue weighted by Crippen LogP contribution is 2.18. The van der Waals surface area contributed by atoms with Crippen LogP contribution < -0.4 is 0 Å². The molecule has 0 aromatic carbocycles. The molecule has 0 amide bonds. The first kappa shape index (κ1) is 79.8.